The van der Waals surface area contributed by atoms with E-state index in [0.717, 1.165) is 0 Å². The molecular weight excluding hydrogens is 428 g/mol. The van der Waals surface area contributed by atoms with E-state index in [1.54, 1.807) is 0 Å². The molecule has 0 radical (unpaired) electrons. The van der Waals surface area contributed by atoms with Crippen molar-refractivity contribution in [2.75, 3.05) is 13.7 Å². The fraction of sp³-hybridized carbons (Fsp3) is 0.400. The van der Waals surface area contributed by atoms with Crippen LogP contribution in [0.3, 0.4) is 0 Å². The summed E-state index contributed by atoms with van der Waals surface area (Å²) in [5.74, 6) is -2.99. The maximum atomic E-state index is 13.1. The Hall–Kier alpha value is -3.23. The highest BCUT2D eigenvalue weighted by atomic mass is 16.5. The number of ketones is 3. The first kappa shape index (κ1) is 26.0. The van der Waals surface area contributed by atoms with Crippen molar-refractivity contribution in [3.05, 3.63) is 51.6 Å². The summed E-state index contributed by atoms with van der Waals surface area (Å²) in [6.45, 7) is 7.12. The van der Waals surface area contributed by atoms with Gasteiger partial charge in [-0.3, -0.25) is 14.4 Å². The van der Waals surface area contributed by atoms with E-state index in [2.05, 4.69) is 0 Å². The number of aliphatic hydroxyl groups excluding tert-OH is 1. The lowest BCUT2D eigenvalue weighted by molar-refractivity contribution is -0.141. The molecule has 8 nitrogen and oxygen atoms in total. The summed E-state index contributed by atoms with van der Waals surface area (Å²) in [5, 5.41) is 41.3. The number of benzene rings is 2. The van der Waals surface area contributed by atoms with Gasteiger partial charge in [-0.15, -0.1) is 0 Å². The summed E-state index contributed by atoms with van der Waals surface area (Å²) in [6, 6.07) is 4.47. The van der Waals surface area contributed by atoms with Gasteiger partial charge in [-0.05, 0) is 18.9 Å². The number of hydrogen-bond acceptors (Lipinski definition) is 8. The van der Waals surface area contributed by atoms with E-state index >= 15 is 0 Å². The van der Waals surface area contributed by atoms with Gasteiger partial charge in [0.2, 0.25) is 5.78 Å². The molecule has 0 saturated carbocycles. The number of phenolic OH excluding ortho intramolecular Hbond substituents is 2. The highest BCUT2D eigenvalue weighted by Gasteiger charge is 2.45. The van der Waals surface area contributed by atoms with E-state index in [4.69, 9.17) is 9.84 Å². The van der Waals surface area contributed by atoms with Crippen LogP contribution in [-0.4, -0.2) is 57.1 Å². The van der Waals surface area contributed by atoms with Crippen LogP contribution in [0.5, 0.6) is 17.2 Å². The quantitative estimate of drug-likeness (QED) is 0.439. The Balaban J connectivity index is 0.000000914. The summed E-state index contributed by atoms with van der Waals surface area (Å²) in [5.41, 5.74) is -2.38. The molecule has 0 aromatic heterocycles. The Morgan fingerprint density at radius 1 is 0.970 bits per heavy atom. The standard InChI is InChI=1S/C21H18O8.2C2H6/c1-29-12-4-2-3-10-14(12)20(27)16-15(18(10)25)19(26)11-7-21(28,13(23)8-22)6-5-9(11)17(16)24;2*1-2/h2-4,22,24,26,28H,5-8H2,1H3;2*1-2H3/t21-;;/m1../s1. The van der Waals surface area contributed by atoms with Gasteiger partial charge in [0.15, 0.2) is 11.6 Å². The number of ether oxygens (including phenoxy) is 1. The van der Waals surface area contributed by atoms with Gasteiger partial charge in [-0.2, -0.15) is 0 Å². The third-order valence-corrected chi connectivity index (χ3v) is 5.75. The van der Waals surface area contributed by atoms with Crippen LogP contribution in [0.15, 0.2) is 18.2 Å². The predicted molar refractivity (Wildman–Crippen MR) is 121 cm³/mol. The molecule has 2 aliphatic rings. The highest BCUT2D eigenvalue weighted by molar-refractivity contribution is 6.31. The molecule has 4 rings (SSSR count). The molecular formula is C25H30O8. The molecule has 0 amide bonds. The second-order valence-electron chi connectivity index (χ2n) is 7.24. The number of phenols is 2. The molecule has 0 aliphatic heterocycles. The zero-order valence-corrected chi connectivity index (χ0v) is 19.5. The number of carbonyl (C=O) groups is 3. The molecule has 2 aromatic carbocycles. The van der Waals surface area contributed by atoms with Crippen molar-refractivity contribution < 1.29 is 39.5 Å². The topological polar surface area (TPSA) is 141 Å². The Labute approximate surface area is 192 Å². The lowest BCUT2D eigenvalue weighted by atomic mass is 9.73. The van der Waals surface area contributed by atoms with Crippen LogP contribution in [-0.2, 0) is 17.6 Å². The molecule has 2 aliphatic carbocycles. The van der Waals surface area contributed by atoms with Gasteiger partial charge in [-0.1, -0.05) is 39.8 Å². The molecule has 178 valence electrons. The number of aromatic hydroxyl groups is 2. The van der Waals surface area contributed by atoms with Gasteiger partial charge in [0, 0.05) is 23.1 Å². The highest BCUT2D eigenvalue weighted by Crippen LogP contribution is 2.48. The molecule has 0 unspecified atom stereocenters. The zero-order valence-electron chi connectivity index (χ0n) is 19.5. The number of hydrogen-bond donors (Lipinski definition) is 4. The first-order chi connectivity index (χ1) is 15.7. The summed E-state index contributed by atoms with van der Waals surface area (Å²) in [7, 11) is 1.35. The number of rotatable bonds is 3. The molecule has 0 spiro atoms. The second kappa shape index (κ2) is 10.1. The third kappa shape index (κ3) is 4.00. The van der Waals surface area contributed by atoms with Crippen molar-refractivity contribution in [3.63, 3.8) is 0 Å². The van der Waals surface area contributed by atoms with Crippen molar-refractivity contribution in [3.8, 4) is 17.2 Å². The Bertz CT molecular complexity index is 1100. The zero-order chi connectivity index (χ0) is 25.1. The Kier molecular flexibility index (Phi) is 8.00. The number of Topliss-reactive ketones (excluding diaryl/α,β-unsaturated/α-hetero) is 1. The van der Waals surface area contributed by atoms with E-state index in [1.807, 2.05) is 27.7 Å². The summed E-state index contributed by atoms with van der Waals surface area (Å²) < 4.78 is 5.18. The molecule has 0 fully saturated rings. The summed E-state index contributed by atoms with van der Waals surface area (Å²) in [4.78, 5) is 38.2. The SMILES string of the molecule is CC.CC.COc1cccc2c1C(=O)c1c(O)c3c(c(O)c1C2=O)C[C@@](O)(C(=O)CO)CC3. The Morgan fingerprint density at radius 3 is 2.12 bits per heavy atom. The van der Waals surface area contributed by atoms with Crippen LogP contribution in [0.25, 0.3) is 0 Å². The largest absolute Gasteiger partial charge is 0.507 e. The fourth-order valence-electron chi connectivity index (χ4n) is 4.21. The first-order valence-electron chi connectivity index (χ1n) is 11.0. The van der Waals surface area contributed by atoms with Crippen LogP contribution in [0.4, 0.5) is 0 Å². The van der Waals surface area contributed by atoms with Gasteiger partial charge < -0.3 is 25.2 Å². The van der Waals surface area contributed by atoms with Gasteiger partial charge in [0.1, 0.15) is 29.5 Å². The number of fused-ring (bicyclic) bond motifs is 3. The van der Waals surface area contributed by atoms with Crippen molar-refractivity contribution >= 4 is 17.3 Å². The minimum Gasteiger partial charge on any atom is -0.507 e. The third-order valence-electron chi connectivity index (χ3n) is 5.75. The van der Waals surface area contributed by atoms with E-state index in [-0.39, 0.29) is 58.4 Å². The van der Waals surface area contributed by atoms with Crippen LogP contribution >= 0.6 is 0 Å². The van der Waals surface area contributed by atoms with E-state index < -0.39 is 41.1 Å². The normalized spacial score (nSPS) is 17.9. The smallest absolute Gasteiger partial charge is 0.202 e. The number of carbonyl (C=O) groups excluding carboxylic acids is 3. The van der Waals surface area contributed by atoms with Crippen LogP contribution < -0.4 is 4.74 Å². The molecule has 8 heteroatoms. The minimum absolute atomic E-state index is 0.00456. The average molecular weight is 459 g/mol. The predicted octanol–water partition coefficient (Wildman–Crippen LogP) is 2.72. The van der Waals surface area contributed by atoms with Crippen molar-refractivity contribution in [2.45, 2.75) is 52.6 Å². The van der Waals surface area contributed by atoms with Crippen LogP contribution in [0, 0.1) is 0 Å². The van der Waals surface area contributed by atoms with Crippen LogP contribution in [0.2, 0.25) is 0 Å². The van der Waals surface area contributed by atoms with E-state index in [1.165, 1.54) is 25.3 Å². The Morgan fingerprint density at radius 2 is 1.55 bits per heavy atom. The maximum Gasteiger partial charge on any atom is 0.202 e. The van der Waals surface area contributed by atoms with Gasteiger partial charge in [-0.25, -0.2) is 0 Å². The van der Waals surface area contributed by atoms with Crippen molar-refractivity contribution in [2.24, 2.45) is 0 Å². The first-order valence-corrected chi connectivity index (χ1v) is 11.0. The fourth-order valence-corrected chi connectivity index (χ4v) is 4.21. The number of methoxy groups -OCH3 is 1. The van der Waals surface area contributed by atoms with Crippen LogP contribution in [0.1, 0.15) is 77.1 Å². The maximum absolute atomic E-state index is 13.1. The molecule has 4 N–H and O–H groups in total. The van der Waals surface area contributed by atoms with E-state index in [0.29, 0.717) is 0 Å². The minimum atomic E-state index is -1.93. The molecule has 0 heterocycles. The molecule has 0 saturated heterocycles. The molecule has 33 heavy (non-hydrogen) atoms. The van der Waals surface area contributed by atoms with Gasteiger partial charge in [0.05, 0.1) is 23.8 Å². The van der Waals surface area contributed by atoms with Gasteiger partial charge >= 0.3 is 0 Å². The van der Waals surface area contributed by atoms with Gasteiger partial charge in [0.25, 0.3) is 0 Å². The lowest BCUT2D eigenvalue weighted by Gasteiger charge is -2.34. The van der Waals surface area contributed by atoms with Crippen molar-refractivity contribution in [1.29, 1.82) is 0 Å². The average Bonchev–Trinajstić information content (AvgIpc) is 2.86. The van der Waals surface area contributed by atoms with E-state index in [9.17, 15) is 29.7 Å². The second-order valence-corrected chi connectivity index (χ2v) is 7.24. The summed E-state index contributed by atoms with van der Waals surface area (Å²) in [6.07, 6.45) is -0.515. The molecule has 0 bridgehead atoms. The molecule has 1 atom stereocenters. The monoisotopic (exact) mass is 458 g/mol. The summed E-state index contributed by atoms with van der Waals surface area (Å²) >= 11 is 0. The van der Waals surface area contributed by atoms with Crippen molar-refractivity contribution in [1.82, 2.24) is 0 Å². The number of aliphatic hydroxyl groups is 2. The lowest BCUT2D eigenvalue weighted by Crippen LogP contribution is -2.45. The molecule has 2 aromatic rings.